The van der Waals surface area contributed by atoms with Crippen molar-refractivity contribution in [2.45, 2.75) is 50.6 Å². The molecule has 2 rings (SSSR count). The largest absolute Gasteiger partial charge is 0.362 e. The van der Waals surface area contributed by atoms with Crippen molar-refractivity contribution in [3.63, 3.8) is 0 Å². The van der Waals surface area contributed by atoms with Gasteiger partial charge >= 0.3 is 0 Å². The van der Waals surface area contributed by atoms with Gasteiger partial charge in [-0.1, -0.05) is 0 Å². The Labute approximate surface area is 156 Å². The second kappa shape index (κ2) is 9.15. The molecule has 0 saturated carbocycles. The number of nitrogens with zero attached hydrogens (tertiary/aromatic N) is 2. The number of carbonyl (C=O) groups excluding carboxylic acids is 1. The molecule has 0 N–H and O–H groups in total. The van der Waals surface area contributed by atoms with Gasteiger partial charge in [0.25, 0.3) is 0 Å². The molecule has 2 aliphatic rings. The monoisotopic (exact) mass is 376 g/mol. The molecule has 4 nitrogen and oxygen atoms in total. The van der Waals surface area contributed by atoms with Crippen molar-refractivity contribution in [2.24, 2.45) is 5.92 Å². The maximum absolute atomic E-state index is 12.2. The topological polar surface area (TPSA) is 32.8 Å². The molecule has 2 aliphatic heterocycles. The van der Waals surface area contributed by atoms with Crippen LogP contribution in [0.25, 0.3) is 0 Å². The van der Waals surface area contributed by atoms with Crippen molar-refractivity contribution < 1.29 is 9.53 Å². The lowest BCUT2D eigenvalue weighted by Gasteiger charge is -2.39. The summed E-state index contributed by atoms with van der Waals surface area (Å²) in [5.41, 5.74) is 0. The molecule has 0 unspecified atom stereocenters. The van der Waals surface area contributed by atoms with E-state index in [9.17, 15) is 4.79 Å². The van der Waals surface area contributed by atoms with Gasteiger partial charge in [0.05, 0.1) is 11.9 Å². The van der Waals surface area contributed by atoms with E-state index in [0.29, 0.717) is 12.0 Å². The normalized spacial score (nSPS) is 22.7. The Morgan fingerprint density at radius 1 is 1.12 bits per heavy atom. The minimum atomic E-state index is -0.330. The van der Waals surface area contributed by atoms with Gasteiger partial charge in [-0.05, 0) is 58.0 Å². The molecule has 6 heteroatoms. The van der Waals surface area contributed by atoms with Gasteiger partial charge in [-0.2, -0.15) is 0 Å². The van der Waals surface area contributed by atoms with Gasteiger partial charge in [0.2, 0.25) is 5.91 Å². The quantitative estimate of drug-likeness (QED) is 0.552. The number of likely N-dealkylation sites (tertiary alicyclic amines) is 2. The maximum atomic E-state index is 12.2. The predicted molar refractivity (Wildman–Crippen MR) is 109 cm³/mol. The minimum Gasteiger partial charge on any atom is -0.362 e. The fraction of sp³-hybridized carbons (Fsp3) is 0.944. The summed E-state index contributed by atoms with van der Waals surface area (Å²) in [6, 6.07) is 0. The molecule has 2 saturated heterocycles. The number of amides is 1. The van der Waals surface area contributed by atoms with Crippen molar-refractivity contribution in [1.29, 1.82) is 0 Å². The first-order valence-corrected chi connectivity index (χ1v) is 12.1. The van der Waals surface area contributed by atoms with Gasteiger partial charge in [-0.15, -0.1) is 12.6 Å². The van der Waals surface area contributed by atoms with Crippen LogP contribution in [0.1, 0.15) is 39.5 Å². The zero-order valence-electron chi connectivity index (χ0n) is 15.8. The van der Waals surface area contributed by atoms with E-state index in [4.69, 9.17) is 4.74 Å². The van der Waals surface area contributed by atoms with Gasteiger partial charge in [-0.25, -0.2) is 0 Å². The molecule has 0 bridgehead atoms. The fourth-order valence-corrected chi connectivity index (χ4v) is 4.61. The lowest BCUT2D eigenvalue weighted by molar-refractivity contribution is -0.129. The molecular formula is C18H36N2O2S2. The zero-order valence-corrected chi connectivity index (χ0v) is 17.6. The zero-order chi connectivity index (χ0) is 17.7. The highest BCUT2D eigenvalue weighted by molar-refractivity contribution is 8.16. The SMILES string of the molecule is C[SH](C)CC(=O)N1CCC(CN2CCC(OC(C)(C)S)CC2)CC1. The van der Waals surface area contributed by atoms with E-state index in [-0.39, 0.29) is 15.8 Å². The third kappa shape index (κ3) is 7.14. The highest BCUT2D eigenvalue weighted by Crippen LogP contribution is 2.25. The lowest BCUT2D eigenvalue weighted by atomic mass is 9.95. The number of piperidine rings is 2. The van der Waals surface area contributed by atoms with Crippen LogP contribution in [0.3, 0.4) is 0 Å². The third-order valence-electron chi connectivity index (χ3n) is 4.92. The smallest absolute Gasteiger partial charge is 0.230 e. The first-order valence-electron chi connectivity index (χ1n) is 9.28. The van der Waals surface area contributed by atoms with Crippen LogP contribution >= 0.6 is 23.5 Å². The molecule has 0 aromatic carbocycles. The number of carbonyl (C=O) groups is 1. The first kappa shape index (κ1) is 20.4. The van der Waals surface area contributed by atoms with Gasteiger partial charge < -0.3 is 14.5 Å². The van der Waals surface area contributed by atoms with Crippen LogP contribution in [0.2, 0.25) is 0 Å². The number of ether oxygens (including phenoxy) is 1. The van der Waals surface area contributed by atoms with Gasteiger partial charge in [0, 0.05) is 32.7 Å². The Kier molecular flexibility index (Phi) is 7.78. The number of hydrogen-bond donors (Lipinski definition) is 2. The van der Waals surface area contributed by atoms with Crippen LogP contribution in [0.5, 0.6) is 0 Å². The van der Waals surface area contributed by atoms with Crippen molar-refractivity contribution >= 4 is 29.4 Å². The van der Waals surface area contributed by atoms with Crippen LogP contribution in [0.15, 0.2) is 0 Å². The number of thiol groups is 2. The van der Waals surface area contributed by atoms with Crippen LogP contribution in [-0.4, -0.2) is 77.7 Å². The Morgan fingerprint density at radius 3 is 2.21 bits per heavy atom. The molecule has 0 spiro atoms. The summed E-state index contributed by atoms with van der Waals surface area (Å²) in [7, 11) is -0.121. The van der Waals surface area contributed by atoms with Crippen LogP contribution in [0, 0.1) is 5.92 Å². The lowest BCUT2D eigenvalue weighted by Crippen LogP contribution is -2.45. The van der Waals surface area contributed by atoms with E-state index >= 15 is 0 Å². The summed E-state index contributed by atoms with van der Waals surface area (Å²) in [4.78, 5) is 16.5. The van der Waals surface area contributed by atoms with E-state index in [1.54, 1.807) is 0 Å². The summed E-state index contributed by atoms with van der Waals surface area (Å²) in [6.07, 6.45) is 9.26. The summed E-state index contributed by atoms with van der Waals surface area (Å²) in [6.45, 7) is 9.39. The van der Waals surface area contributed by atoms with E-state index in [2.05, 4.69) is 34.9 Å². The molecule has 1 amide bonds. The second-order valence-corrected chi connectivity index (χ2v) is 11.7. The minimum absolute atomic E-state index is 0.121. The molecule has 24 heavy (non-hydrogen) atoms. The third-order valence-corrected chi connectivity index (χ3v) is 5.93. The maximum Gasteiger partial charge on any atom is 0.230 e. The Balaban J connectivity index is 1.65. The average Bonchev–Trinajstić information content (AvgIpc) is 2.48. The standard InChI is InChI=1S/C18H36N2O2S2/c1-18(2,23)22-16-7-9-19(10-8-16)13-15-5-11-20(12-6-15)17(21)14-24(3)4/h15-16,23-24H,5-14H2,1-4H3. The first-order chi connectivity index (χ1) is 11.2. The van der Waals surface area contributed by atoms with E-state index in [0.717, 1.165) is 63.5 Å². The van der Waals surface area contributed by atoms with Crippen LogP contribution < -0.4 is 0 Å². The Bertz CT molecular complexity index is 396. The summed E-state index contributed by atoms with van der Waals surface area (Å²) < 4.78 is 5.98. The molecule has 0 radical (unpaired) electrons. The Morgan fingerprint density at radius 2 is 1.71 bits per heavy atom. The molecule has 2 heterocycles. The van der Waals surface area contributed by atoms with Crippen LogP contribution in [0.4, 0.5) is 0 Å². The molecule has 0 aromatic rings. The number of hydrogen-bond acceptors (Lipinski definition) is 4. The summed E-state index contributed by atoms with van der Waals surface area (Å²) in [5.74, 6) is 1.88. The fourth-order valence-electron chi connectivity index (χ4n) is 3.72. The Hall–Kier alpha value is 0.0900. The average molecular weight is 377 g/mol. The predicted octanol–water partition coefficient (Wildman–Crippen LogP) is 2.63. The number of rotatable bonds is 6. The second-order valence-electron chi connectivity index (χ2n) is 8.13. The van der Waals surface area contributed by atoms with Crippen molar-refractivity contribution in [1.82, 2.24) is 9.80 Å². The van der Waals surface area contributed by atoms with E-state index in [1.165, 1.54) is 6.54 Å². The molecule has 0 atom stereocenters. The molecule has 0 aromatic heterocycles. The molecular weight excluding hydrogens is 340 g/mol. The van der Waals surface area contributed by atoms with Crippen molar-refractivity contribution in [3.8, 4) is 0 Å². The summed E-state index contributed by atoms with van der Waals surface area (Å²) in [5, 5.41) is 0. The molecule has 142 valence electrons. The van der Waals surface area contributed by atoms with Crippen molar-refractivity contribution in [3.05, 3.63) is 0 Å². The highest BCUT2D eigenvalue weighted by atomic mass is 32.2. The van der Waals surface area contributed by atoms with Gasteiger partial charge in [-0.3, -0.25) is 15.7 Å². The van der Waals surface area contributed by atoms with Gasteiger partial charge in [0.15, 0.2) is 0 Å². The molecule has 0 aliphatic carbocycles. The highest BCUT2D eigenvalue weighted by Gasteiger charge is 2.28. The van der Waals surface area contributed by atoms with E-state index < -0.39 is 0 Å². The van der Waals surface area contributed by atoms with Crippen LogP contribution in [-0.2, 0) is 9.53 Å². The summed E-state index contributed by atoms with van der Waals surface area (Å²) >= 11 is 4.47. The van der Waals surface area contributed by atoms with Crippen molar-refractivity contribution in [2.75, 3.05) is 51.0 Å². The molecule has 2 fully saturated rings. The van der Waals surface area contributed by atoms with Gasteiger partial charge in [0.1, 0.15) is 4.93 Å². The van der Waals surface area contributed by atoms with E-state index in [1.807, 2.05) is 13.8 Å².